The number of aryl methyl sites for hydroxylation is 1. The Morgan fingerprint density at radius 3 is 2.50 bits per heavy atom. The van der Waals surface area contributed by atoms with Crippen LogP contribution in [0.25, 0.3) is 0 Å². The summed E-state index contributed by atoms with van der Waals surface area (Å²) in [5, 5.41) is 8.66. The maximum absolute atomic E-state index is 6.12. The molecule has 4 heteroatoms. The fourth-order valence-electron chi connectivity index (χ4n) is 2.55. The Kier molecular flexibility index (Phi) is 3.24. The lowest BCUT2D eigenvalue weighted by atomic mass is 9.75. The molecular weight excluding hydrogens is 222 g/mol. The fraction of sp³-hybridized carbons (Fsp3) is 0.833. The lowest BCUT2D eigenvalue weighted by Gasteiger charge is -2.35. The van der Waals surface area contributed by atoms with Crippen LogP contribution < -0.4 is 0 Å². The first-order chi connectivity index (χ1) is 7.53. The molecule has 0 unspecified atom stereocenters. The summed E-state index contributed by atoms with van der Waals surface area (Å²) in [7, 11) is 0. The monoisotopic (exact) mass is 241 g/mol. The summed E-state index contributed by atoms with van der Waals surface area (Å²) < 4.78 is 2.14. The van der Waals surface area contributed by atoms with Gasteiger partial charge in [0.2, 0.25) is 5.28 Å². The molecule has 16 heavy (non-hydrogen) atoms. The highest BCUT2D eigenvalue weighted by atomic mass is 35.5. The smallest absolute Gasteiger partial charge is 0.225 e. The summed E-state index contributed by atoms with van der Waals surface area (Å²) in [5.74, 6) is 1.02. The normalized spacial score (nSPS) is 21.2. The van der Waals surface area contributed by atoms with Crippen molar-refractivity contribution in [2.24, 2.45) is 5.41 Å². The van der Waals surface area contributed by atoms with E-state index in [0.717, 1.165) is 12.2 Å². The second kappa shape index (κ2) is 4.36. The number of rotatable bonds is 2. The van der Waals surface area contributed by atoms with E-state index in [2.05, 4.69) is 35.5 Å². The van der Waals surface area contributed by atoms with Crippen LogP contribution in [0, 0.1) is 5.41 Å². The van der Waals surface area contributed by atoms with Gasteiger partial charge in [0.05, 0.1) is 0 Å². The molecule has 1 fully saturated rings. The molecule has 3 nitrogen and oxygen atoms in total. The Morgan fingerprint density at radius 2 is 1.94 bits per heavy atom. The Bertz CT molecular complexity index is 360. The third-order valence-electron chi connectivity index (χ3n) is 3.71. The van der Waals surface area contributed by atoms with Crippen molar-refractivity contribution in [2.45, 2.75) is 58.9 Å². The van der Waals surface area contributed by atoms with E-state index in [1.807, 2.05) is 0 Å². The summed E-state index contributed by atoms with van der Waals surface area (Å²) >= 11 is 6.12. The van der Waals surface area contributed by atoms with Crippen molar-refractivity contribution >= 4 is 11.6 Å². The number of nitrogens with zero attached hydrogens (tertiary/aromatic N) is 3. The summed E-state index contributed by atoms with van der Waals surface area (Å²) in [6.45, 7) is 6.79. The van der Waals surface area contributed by atoms with Crippen LogP contribution in [0.3, 0.4) is 0 Å². The predicted molar refractivity (Wildman–Crippen MR) is 65.7 cm³/mol. The van der Waals surface area contributed by atoms with E-state index in [1.165, 1.54) is 25.7 Å². The largest absolute Gasteiger partial charge is 0.299 e. The molecule has 0 amide bonds. The van der Waals surface area contributed by atoms with Crippen LogP contribution in [-0.2, 0) is 6.42 Å². The Balaban J connectivity index is 2.16. The molecule has 1 saturated carbocycles. The van der Waals surface area contributed by atoms with Gasteiger partial charge in [0.1, 0.15) is 5.82 Å². The Labute approximate surface area is 102 Å². The van der Waals surface area contributed by atoms with E-state index in [9.17, 15) is 0 Å². The van der Waals surface area contributed by atoms with Crippen molar-refractivity contribution in [1.82, 2.24) is 14.8 Å². The van der Waals surface area contributed by atoms with Gasteiger partial charge in [-0.15, -0.1) is 10.2 Å². The van der Waals surface area contributed by atoms with Crippen molar-refractivity contribution in [2.75, 3.05) is 0 Å². The first kappa shape index (κ1) is 11.9. The Morgan fingerprint density at radius 1 is 1.31 bits per heavy atom. The van der Waals surface area contributed by atoms with Crippen LogP contribution in [0.5, 0.6) is 0 Å². The molecule has 0 atom stereocenters. The molecule has 0 saturated heterocycles. The summed E-state index contributed by atoms with van der Waals surface area (Å²) in [4.78, 5) is 0. The van der Waals surface area contributed by atoms with E-state index in [-0.39, 0.29) is 0 Å². The molecular formula is C12H20ClN3. The van der Waals surface area contributed by atoms with Crippen LogP contribution in [0.4, 0.5) is 0 Å². The zero-order valence-electron chi connectivity index (χ0n) is 10.3. The van der Waals surface area contributed by atoms with Gasteiger partial charge in [-0.3, -0.25) is 4.57 Å². The molecule has 1 aliphatic carbocycles. The lowest BCUT2D eigenvalue weighted by molar-refractivity contribution is 0.192. The lowest BCUT2D eigenvalue weighted by Crippen LogP contribution is -2.24. The summed E-state index contributed by atoms with van der Waals surface area (Å²) in [6, 6.07) is 0.505. The van der Waals surface area contributed by atoms with Gasteiger partial charge < -0.3 is 0 Å². The van der Waals surface area contributed by atoms with E-state index in [4.69, 9.17) is 11.6 Å². The average Bonchev–Trinajstić information content (AvgIpc) is 2.60. The van der Waals surface area contributed by atoms with Gasteiger partial charge in [-0.2, -0.15) is 0 Å². The van der Waals surface area contributed by atoms with Crippen LogP contribution in [-0.4, -0.2) is 14.8 Å². The third kappa shape index (κ3) is 2.24. The molecule has 0 N–H and O–H groups in total. The Hall–Kier alpha value is -0.570. The minimum Gasteiger partial charge on any atom is -0.299 e. The first-order valence-corrected chi connectivity index (χ1v) is 6.50. The summed E-state index contributed by atoms with van der Waals surface area (Å²) in [5.41, 5.74) is 0.489. The third-order valence-corrected chi connectivity index (χ3v) is 3.97. The van der Waals surface area contributed by atoms with E-state index >= 15 is 0 Å². The van der Waals surface area contributed by atoms with Gasteiger partial charge in [-0.1, -0.05) is 20.8 Å². The van der Waals surface area contributed by atoms with Crippen molar-refractivity contribution < 1.29 is 0 Å². The maximum Gasteiger partial charge on any atom is 0.225 e. The molecule has 0 aliphatic heterocycles. The zero-order chi connectivity index (χ0) is 11.8. The molecule has 0 radical (unpaired) electrons. The highest BCUT2D eigenvalue weighted by Gasteiger charge is 2.29. The molecule has 0 spiro atoms. The highest BCUT2D eigenvalue weighted by Crippen LogP contribution is 2.41. The van der Waals surface area contributed by atoms with Gasteiger partial charge in [-0.25, -0.2) is 0 Å². The minimum atomic E-state index is 0.489. The van der Waals surface area contributed by atoms with Gasteiger partial charge in [0, 0.05) is 12.5 Å². The number of aromatic nitrogens is 3. The molecule has 0 aromatic carbocycles. The highest BCUT2D eigenvalue weighted by molar-refractivity contribution is 6.28. The van der Waals surface area contributed by atoms with E-state index < -0.39 is 0 Å². The standard InChI is InChI=1S/C12H20ClN3/c1-4-10-14-15-11(13)16(10)9-5-7-12(2,3)8-6-9/h9H,4-8H2,1-3H3. The molecule has 1 aromatic heterocycles. The zero-order valence-corrected chi connectivity index (χ0v) is 11.1. The number of hydrogen-bond donors (Lipinski definition) is 0. The quantitative estimate of drug-likeness (QED) is 0.792. The van der Waals surface area contributed by atoms with Crippen molar-refractivity contribution in [3.63, 3.8) is 0 Å². The second-order valence-corrected chi connectivity index (χ2v) is 5.84. The van der Waals surface area contributed by atoms with Gasteiger partial charge >= 0.3 is 0 Å². The van der Waals surface area contributed by atoms with E-state index in [0.29, 0.717) is 16.7 Å². The predicted octanol–water partition coefficient (Wildman–Crippen LogP) is 3.64. The molecule has 1 aliphatic rings. The van der Waals surface area contributed by atoms with Gasteiger partial charge in [-0.05, 0) is 42.7 Å². The first-order valence-electron chi connectivity index (χ1n) is 6.13. The fourth-order valence-corrected chi connectivity index (χ4v) is 2.82. The van der Waals surface area contributed by atoms with Crippen LogP contribution in [0.1, 0.15) is 58.3 Å². The number of hydrogen-bond acceptors (Lipinski definition) is 2. The van der Waals surface area contributed by atoms with Crippen LogP contribution in [0.15, 0.2) is 0 Å². The van der Waals surface area contributed by atoms with E-state index in [1.54, 1.807) is 0 Å². The second-order valence-electron chi connectivity index (χ2n) is 5.50. The van der Waals surface area contributed by atoms with Crippen molar-refractivity contribution in [3.8, 4) is 0 Å². The SMILES string of the molecule is CCc1nnc(Cl)n1C1CCC(C)(C)CC1. The molecule has 2 rings (SSSR count). The molecule has 0 bridgehead atoms. The minimum absolute atomic E-state index is 0.489. The topological polar surface area (TPSA) is 30.7 Å². The summed E-state index contributed by atoms with van der Waals surface area (Å²) in [6.07, 6.45) is 5.81. The van der Waals surface area contributed by atoms with Crippen molar-refractivity contribution in [1.29, 1.82) is 0 Å². The van der Waals surface area contributed by atoms with Crippen molar-refractivity contribution in [3.05, 3.63) is 11.1 Å². The van der Waals surface area contributed by atoms with Crippen LogP contribution >= 0.6 is 11.6 Å². The molecule has 1 heterocycles. The molecule has 90 valence electrons. The van der Waals surface area contributed by atoms with Crippen LogP contribution in [0.2, 0.25) is 5.28 Å². The van der Waals surface area contributed by atoms with Gasteiger partial charge in [0.25, 0.3) is 0 Å². The maximum atomic E-state index is 6.12. The molecule has 1 aromatic rings. The number of halogens is 1. The van der Waals surface area contributed by atoms with Gasteiger partial charge in [0.15, 0.2) is 0 Å². The average molecular weight is 242 g/mol.